The summed E-state index contributed by atoms with van der Waals surface area (Å²) in [6.45, 7) is 3.43. The first-order valence-electron chi connectivity index (χ1n) is 13.8. The van der Waals surface area contributed by atoms with E-state index in [1.165, 1.54) is 19.2 Å². The number of hydrogen-bond donors (Lipinski definition) is 6. The van der Waals surface area contributed by atoms with E-state index in [-0.39, 0.29) is 10.8 Å². The molecule has 9 N–H and O–H groups in total. The summed E-state index contributed by atoms with van der Waals surface area (Å²) in [6, 6.07) is 5.42. The molecule has 21 heteroatoms. The zero-order chi connectivity index (χ0) is 34.7. The monoisotopic (exact) mass is 696 g/mol. The number of nitrogen functional groups attached to an aromatic ring is 2. The van der Waals surface area contributed by atoms with Gasteiger partial charge in [-0.05, 0) is 38.1 Å². The molecule has 1 aliphatic rings. The van der Waals surface area contributed by atoms with Gasteiger partial charge < -0.3 is 37.2 Å². The number of oxime groups is 1. The number of rotatable bonds is 15. The number of aromatic nitrogens is 3. The van der Waals surface area contributed by atoms with Crippen LogP contribution in [0, 0.1) is 0 Å². The van der Waals surface area contributed by atoms with Crippen molar-refractivity contribution in [2.45, 2.75) is 44.5 Å². The lowest BCUT2D eigenvalue weighted by molar-refractivity contribution is -0.772. The summed E-state index contributed by atoms with van der Waals surface area (Å²) >= 11 is 0.954. The van der Waals surface area contributed by atoms with Crippen molar-refractivity contribution >= 4 is 56.2 Å². The molecule has 47 heavy (non-hydrogen) atoms. The number of carbonyl (C=O) groups excluding carboxylic acids is 2. The Labute approximate surface area is 272 Å². The number of anilines is 2. The van der Waals surface area contributed by atoms with Crippen molar-refractivity contribution in [2.24, 2.45) is 17.9 Å². The number of carbonyl (C=O) groups is 3. The van der Waals surface area contributed by atoms with E-state index in [2.05, 4.69) is 19.7 Å². The van der Waals surface area contributed by atoms with Crippen LogP contribution in [0.2, 0.25) is 0 Å². The van der Waals surface area contributed by atoms with E-state index >= 15 is 0 Å². The Morgan fingerprint density at radius 3 is 2.49 bits per heavy atom. The second-order valence-electron chi connectivity index (χ2n) is 10.7. The van der Waals surface area contributed by atoms with Crippen LogP contribution in [0.25, 0.3) is 11.1 Å². The SMILES string of the molecule is Cn1c(N)c(-c2ccc(OCC(O/N=C(\C(=O)N[C@@H]3C(=O)N(OS(=O)(=O)O)C3(C)C)c3csc(N)n3)C(=O)O)cc2)c[n+]1CCCN. The van der Waals surface area contributed by atoms with Crippen molar-refractivity contribution in [1.29, 1.82) is 0 Å². The molecular formula is C26H34N9O10S2+. The number of aliphatic carboxylic acids is 1. The smallest absolute Gasteiger partial charge is 0.418 e. The zero-order valence-electron chi connectivity index (χ0n) is 25.4. The highest BCUT2D eigenvalue weighted by Crippen LogP contribution is 2.33. The zero-order valence-corrected chi connectivity index (χ0v) is 27.0. The molecule has 0 radical (unpaired) electrons. The van der Waals surface area contributed by atoms with Crippen molar-refractivity contribution in [3.8, 4) is 16.9 Å². The van der Waals surface area contributed by atoms with Gasteiger partial charge >= 0.3 is 16.4 Å². The number of nitrogens with one attached hydrogen (secondary N) is 1. The molecule has 0 saturated carbocycles. The molecule has 1 unspecified atom stereocenters. The first-order chi connectivity index (χ1) is 22.0. The molecule has 19 nitrogen and oxygen atoms in total. The molecule has 2 aromatic heterocycles. The second kappa shape index (κ2) is 13.9. The number of thiazole rings is 1. The number of carboxylic acids is 1. The number of nitrogens with two attached hydrogens (primary N) is 3. The first-order valence-corrected chi connectivity index (χ1v) is 16.1. The molecule has 0 spiro atoms. The van der Waals surface area contributed by atoms with Crippen LogP contribution in [0.5, 0.6) is 5.75 Å². The quantitative estimate of drug-likeness (QED) is 0.0367. The third-order valence-electron chi connectivity index (χ3n) is 7.09. The maximum absolute atomic E-state index is 13.2. The van der Waals surface area contributed by atoms with E-state index in [1.807, 2.05) is 22.6 Å². The lowest BCUT2D eigenvalue weighted by Crippen LogP contribution is -2.76. The average Bonchev–Trinajstić information content (AvgIpc) is 3.56. The number of hydroxylamine groups is 2. The fraction of sp³-hybridized carbons (Fsp3) is 0.385. The van der Waals surface area contributed by atoms with Gasteiger partial charge in [0.25, 0.3) is 17.9 Å². The minimum absolute atomic E-state index is 0.0532. The van der Waals surface area contributed by atoms with Crippen LogP contribution >= 0.6 is 11.3 Å². The number of amides is 2. The van der Waals surface area contributed by atoms with E-state index in [4.69, 9.17) is 31.3 Å². The Bertz CT molecular complexity index is 1790. The number of β-lactam (4-membered cyclic amide) rings is 1. The molecule has 4 rings (SSSR count). The Kier molecular flexibility index (Phi) is 10.3. The normalized spacial score (nSPS) is 16.8. The summed E-state index contributed by atoms with van der Waals surface area (Å²) in [5.74, 6) is -2.63. The van der Waals surface area contributed by atoms with E-state index in [0.717, 1.165) is 28.9 Å². The van der Waals surface area contributed by atoms with Crippen LogP contribution in [0.4, 0.5) is 10.9 Å². The van der Waals surface area contributed by atoms with E-state index < -0.39 is 58.2 Å². The third-order valence-corrected chi connectivity index (χ3v) is 8.10. The van der Waals surface area contributed by atoms with Gasteiger partial charge in [-0.25, -0.2) is 9.78 Å². The number of benzene rings is 1. The van der Waals surface area contributed by atoms with Crippen molar-refractivity contribution in [2.75, 3.05) is 24.6 Å². The van der Waals surface area contributed by atoms with Gasteiger partial charge in [-0.1, -0.05) is 17.3 Å². The lowest BCUT2D eigenvalue weighted by atomic mass is 9.84. The maximum Gasteiger partial charge on any atom is 0.418 e. The number of nitrogens with zero attached hydrogens (tertiary/aromatic N) is 5. The predicted molar refractivity (Wildman–Crippen MR) is 166 cm³/mol. The lowest BCUT2D eigenvalue weighted by Gasteiger charge is -2.50. The van der Waals surface area contributed by atoms with E-state index in [9.17, 15) is 27.9 Å². The van der Waals surface area contributed by atoms with Gasteiger partial charge in [0, 0.05) is 11.8 Å². The van der Waals surface area contributed by atoms with Gasteiger partial charge in [-0.3, -0.25) is 14.1 Å². The van der Waals surface area contributed by atoms with Crippen LogP contribution in [-0.4, -0.2) is 87.1 Å². The van der Waals surface area contributed by atoms with Gasteiger partial charge in [-0.2, -0.15) is 13.5 Å². The molecule has 1 aliphatic heterocycles. The number of carboxylic acid groups (broad SMARTS) is 1. The van der Waals surface area contributed by atoms with Crippen molar-refractivity contribution in [1.82, 2.24) is 20.0 Å². The fourth-order valence-corrected chi connectivity index (χ4v) is 5.49. The second-order valence-corrected chi connectivity index (χ2v) is 12.6. The van der Waals surface area contributed by atoms with Crippen LogP contribution < -0.4 is 31.9 Å². The summed E-state index contributed by atoms with van der Waals surface area (Å²) in [6.07, 6.45) is 0.990. The molecule has 254 valence electrons. The summed E-state index contributed by atoms with van der Waals surface area (Å²) < 4.78 is 44.8. The summed E-state index contributed by atoms with van der Waals surface area (Å²) in [7, 11) is -3.18. The Morgan fingerprint density at radius 1 is 1.26 bits per heavy atom. The van der Waals surface area contributed by atoms with Crippen LogP contribution in [-0.2, 0) is 47.5 Å². The van der Waals surface area contributed by atoms with Gasteiger partial charge in [0.2, 0.25) is 6.20 Å². The Hall–Kier alpha value is -4.83. The minimum atomic E-state index is -5.02. The molecule has 1 aromatic carbocycles. The summed E-state index contributed by atoms with van der Waals surface area (Å²) in [4.78, 5) is 46.9. The van der Waals surface area contributed by atoms with Gasteiger partial charge in [-0.15, -0.1) is 25.0 Å². The topological polar surface area (TPSA) is 281 Å². The first kappa shape index (κ1) is 35.0. The van der Waals surface area contributed by atoms with Gasteiger partial charge in [0.1, 0.15) is 24.1 Å². The van der Waals surface area contributed by atoms with Crippen molar-refractivity contribution < 1.29 is 51.0 Å². The summed E-state index contributed by atoms with van der Waals surface area (Å²) in [5.41, 5.74) is 17.1. The van der Waals surface area contributed by atoms with E-state index in [1.54, 1.807) is 24.3 Å². The third kappa shape index (κ3) is 7.94. The van der Waals surface area contributed by atoms with Crippen LogP contribution in [0.3, 0.4) is 0 Å². The number of hydrogen-bond acceptors (Lipinski definition) is 14. The predicted octanol–water partition coefficient (Wildman–Crippen LogP) is -0.958. The Morgan fingerprint density at radius 2 is 1.94 bits per heavy atom. The molecule has 3 aromatic rings. The molecular weight excluding hydrogens is 662 g/mol. The summed E-state index contributed by atoms with van der Waals surface area (Å²) in [5, 5.41) is 17.6. The minimum Gasteiger partial charge on any atom is -0.489 e. The van der Waals surface area contributed by atoms with Crippen LogP contribution in [0.1, 0.15) is 26.0 Å². The van der Waals surface area contributed by atoms with Crippen molar-refractivity contribution in [3.63, 3.8) is 0 Å². The molecule has 3 heterocycles. The molecule has 0 bridgehead atoms. The maximum atomic E-state index is 13.2. The highest BCUT2D eigenvalue weighted by molar-refractivity contribution is 7.80. The fourth-order valence-electron chi connectivity index (χ4n) is 4.49. The van der Waals surface area contributed by atoms with Crippen molar-refractivity contribution in [3.05, 3.63) is 41.5 Å². The highest BCUT2D eigenvalue weighted by Gasteiger charge is 2.58. The highest BCUT2D eigenvalue weighted by atomic mass is 32.3. The van der Waals surface area contributed by atoms with Gasteiger partial charge in [0.05, 0.1) is 18.2 Å². The largest absolute Gasteiger partial charge is 0.489 e. The molecule has 1 fully saturated rings. The molecule has 0 aliphatic carbocycles. The number of ether oxygens (including phenoxy) is 1. The Balaban J connectivity index is 1.46. The standard InChI is InChI=1S/C26H33N9O10S2/c1-26(2)20(23(37)35(26)45-47(40,41)42)31-22(36)19(17-13-46-25(29)30-17)32-44-18(24(38)39)12-43-15-7-5-14(6-8-15)16-11-34(10-4-9-27)33(3)21(16)28/h5-8,11,13,18,20,28H,4,9-10,12,27H2,1-3H3,(H5,29,30,31,36,38,39,40,41,42)/p+1/b32-19-/t18?,20-/m1/s1. The average molecular weight is 697 g/mol. The van der Waals surface area contributed by atoms with Crippen LogP contribution in [0.15, 0.2) is 41.0 Å². The van der Waals surface area contributed by atoms with Gasteiger partial charge in [0.15, 0.2) is 23.2 Å². The molecule has 2 amide bonds. The molecule has 2 atom stereocenters. The molecule has 1 saturated heterocycles. The number of aryl methyl sites for hydroxylation is 1. The van der Waals surface area contributed by atoms with E-state index in [0.29, 0.717) is 29.7 Å².